The lowest BCUT2D eigenvalue weighted by atomic mass is 9.82. The van der Waals surface area contributed by atoms with Gasteiger partial charge in [-0.2, -0.15) is 0 Å². The number of carbonyl (C=O) groups is 6. The standard InChI is InChI=1S/C44H66N8O6S/c1-12-16-29(53)23-30(42-45-20-22-59-42)47-39(56)33(27(5)28-17-14-13-15-18-28)49-41(58)36(44(9,10)11)50-37-35(43(6,7)8)51-38(55)32(25(2)3)48-40(57)34-26(4)19-21-52(34)31(54)24-46-37/h13-15,17-18,20,22,25-27,30,32-36H,12,16,19,21,23-24H2,1-11H3,(H,46,50)(H,47,56)(H,48,57)(H,49,58)(H,51,55)/t26-,27+,30+,32+,33+,34+,35-,36-/m1/s1. The number of ketones is 1. The lowest BCUT2D eigenvalue weighted by Crippen LogP contribution is -2.65. The third-order valence-electron chi connectivity index (χ3n) is 11.2. The van der Waals surface area contributed by atoms with Crippen LogP contribution in [0.5, 0.6) is 0 Å². The van der Waals surface area contributed by atoms with Gasteiger partial charge in [0.2, 0.25) is 29.5 Å². The highest BCUT2D eigenvalue weighted by Gasteiger charge is 2.44. The molecule has 15 heteroatoms. The fourth-order valence-corrected chi connectivity index (χ4v) is 8.38. The molecule has 0 spiro atoms. The summed E-state index contributed by atoms with van der Waals surface area (Å²) >= 11 is 1.34. The van der Waals surface area contributed by atoms with E-state index in [4.69, 9.17) is 4.99 Å². The average molecular weight is 835 g/mol. The van der Waals surface area contributed by atoms with Gasteiger partial charge < -0.3 is 31.5 Å². The van der Waals surface area contributed by atoms with Gasteiger partial charge in [-0.05, 0) is 41.1 Å². The van der Waals surface area contributed by atoms with E-state index in [-0.39, 0.29) is 48.2 Å². The minimum atomic E-state index is -1.08. The molecule has 5 N–H and O–H groups in total. The van der Waals surface area contributed by atoms with Gasteiger partial charge in [0.15, 0.2) is 0 Å². The Balaban J connectivity index is 1.75. The number of nitrogens with one attached hydrogen (secondary N) is 5. The molecule has 1 fully saturated rings. The molecule has 4 rings (SSSR count). The zero-order valence-corrected chi connectivity index (χ0v) is 37.5. The van der Waals surface area contributed by atoms with Crippen LogP contribution in [0.1, 0.15) is 124 Å². The van der Waals surface area contributed by atoms with Crippen LogP contribution < -0.4 is 26.6 Å². The van der Waals surface area contributed by atoms with Crippen molar-refractivity contribution >= 4 is 52.5 Å². The van der Waals surface area contributed by atoms with Crippen molar-refractivity contribution in [3.8, 4) is 0 Å². The Morgan fingerprint density at radius 2 is 1.63 bits per heavy atom. The summed E-state index contributed by atoms with van der Waals surface area (Å²) in [5.74, 6) is -2.78. The zero-order valence-electron chi connectivity index (χ0n) is 36.7. The lowest BCUT2D eigenvalue weighted by molar-refractivity contribution is -0.140. The number of hydrogen-bond acceptors (Lipinski definition) is 10. The number of nitrogens with zero attached hydrogens (tertiary/aromatic N) is 3. The van der Waals surface area contributed by atoms with Crippen molar-refractivity contribution in [3.05, 3.63) is 52.5 Å². The molecule has 8 atom stereocenters. The molecule has 1 saturated heterocycles. The summed E-state index contributed by atoms with van der Waals surface area (Å²) in [5.41, 5.74) is -0.655. The Bertz CT molecular complexity index is 1820. The molecule has 2 aromatic rings. The molecular formula is C44H66N8O6S. The largest absolute Gasteiger partial charge is 0.360 e. The zero-order chi connectivity index (χ0) is 43.8. The summed E-state index contributed by atoms with van der Waals surface area (Å²) in [6.45, 7) is 20.9. The number of aromatic nitrogens is 1. The molecular weight excluding hydrogens is 769 g/mol. The number of aliphatic imine (C=N–C) groups is 1. The summed E-state index contributed by atoms with van der Waals surface area (Å²) < 4.78 is 0. The van der Waals surface area contributed by atoms with Gasteiger partial charge in [0.05, 0.1) is 12.1 Å². The number of rotatable bonds is 13. The van der Waals surface area contributed by atoms with Gasteiger partial charge in [-0.1, -0.05) is 106 Å². The number of hydrogen-bond donors (Lipinski definition) is 5. The Labute approximate surface area is 353 Å². The third kappa shape index (κ3) is 12.2. The van der Waals surface area contributed by atoms with Gasteiger partial charge >= 0.3 is 0 Å². The molecule has 0 saturated carbocycles. The van der Waals surface area contributed by atoms with E-state index in [0.717, 1.165) is 5.56 Å². The second-order valence-electron chi connectivity index (χ2n) is 18.6. The summed E-state index contributed by atoms with van der Waals surface area (Å²) in [7, 11) is 0. The number of amidine groups is 1. The third-order valence-corrected chi connectivity index (χ3v) is 12.1. The van der Waals surface area contributed by atoms with Gasteiger partial charge in [-0.15, -0.1) is 11.3 Å². The summed E-state index contributed by atoms with van der Waals surface area (Å²) in [4.78, 5) is 94.6. The summed E-state index contributed by atoms with van der Waals surface area (Å²) in [5, 5.41) is 17.9. The summed E-state index contributed by atoms with van der Waals surface area (Å²) in [6, 6.07) is 4.15. The Hall–Kier alpha value is -4.66. The predicted molar refractivity (Wildman–Crippen MR) is 230 cm³/mol. The van der Waals surface area contributed by atoms with Gasteiger partial charge in [0.25, 0.3) is 0 Å². The predicted octanol–water partition coefficient (Wildman–Crippen LogP) is 4.67. The van der Waals surface area contributed by atoms with Crippen LogP contribution in [0.4, 0.5) is 0 Å². The second-order valence-corrected chi connectivity index (χ2v) is 19.5. The minimum Gasteiger partial charge on any atom is -0.360 e. The molecule has 0 radical (unpaired) electrons. The van der Waals surface area contributed by atoms with E-state index in [0.29, 0.717) is 30.8 Å². The molecule has 2 aliphatic rings. The molecule has 5 amide bonds. The van der Waals surface area contributed by atoms with Crippen molar-refractivity contribution in [2.45, 2.75) is 144 Å². The molecule has 2 aliphatic heterocycles. The number of amides is 5. The number of fused-ring (bicyclic) bond motifs is 1. The van der Waals surface area contributed by atoms with Crippen LogP contribution in [0.2, 0.25) is 0 Å². The van der Waals surface area contributed by atoms with E-state index in [1.807, 2.05) is 106 Å². The van der Waals surface area contributed by atoms with Crippen LogP contribution in [0, 0.1) is 22.7 Å². The summed E-state index contributed by atoms with van der Waals surface area (Å²) in [6.07, 6.45) is 3.37. The molecule has 14 nitrogen and oxygen atoms in total. The number of carbonyl (C=O) groups excluding carboxylic acids is 6. The first kappa shape index (κ1) is 47.0. The van der Waals surface area contributed by atoms with Crippen LogP contribution in [-0.4, -0.2) is 94.3 Å². The second kappa shape index (κ2) is 20.1. The van der Waals surface area contributed by atoms with Crippen LogP contribution in [0.15, 0.2) is 46.9 Å². The average Bonchev–Trinajstić information content (AvgIpc) is 3.84. The Kier molecular flexibility index (Phi) is 16.0. The maximum atomic E-state index is 14.8. The molecule has 1 aromatic carbocycles. The lowest BCUT2D eigenvalue weighted by Gasteiger charge is -2.39. The van der Waals surface area contributed by atoms with E-state index >= 15 is 0 Å². The SMILES string of the molecule is CCCC(=O)C[C@H](NC(=O)[C@@H](NC(=O)[C@@H](NC1=NCC(=O)N2CC[C@@H](C)[C@H]2C(=O)N[C@@H](C(C)C)C(=O)N[C@H]1C(C)(C)C)C(C)(C)C)[C@@H](C)c1ccccc1)c1nccs1. The molecule has 0 unspecified atom stereocenters. The highest BCUT2D eigenvalue weighted by Crippen LogP contribution is 2.29. The van der Waals surface area contributed by atoms with Gasteiger partial charge in [0.1, 0.15) is 47.3 Å². The van der Waals surface area contributed by atoms with Crippen molar-refractivity contribution in [2.24, 2.45) is 27.7 Å². The normalized spacial score (nSPS) is 22.7. The van der Waals surface area contributed by atoms with Crippen LogP contribution in [-0.2, 0) is 28.8 Å². The molecule has 1 aromatic heterocycles. The topological polar surface area (TPSA) is 191 Å². The van der Waals surface area contributed by atoms with E-state index < -0.39 is 70.7 Å². The minimum absolute atomic E-state index is 0.00433. The molecule has 3 heterocycles. The van der Waals surface area contributed by atoms with Crippen LogP contribution in [0.25, 0.3) is 0 Å². The van der Waals surface area contributed by atoms with Crippen molar-refractivity contribution in [1.29, 1.82) is 0 Å². The van der Waals surface area contributed by atoms with Crippen molar-refractivity contribution < 1.29 is 28.8 Å². The first-order chi connectivity index (χ1) is 27.6. The van der Waals surface area contributed by atoms with Gasteiger partial charge in [-0.3, -0.25) is 33.8 Å². The maximum absolute atomic E-state index is 14.8. The number of Topliss-reactive ketones (excluding diaryl/α,β-unsaturated/α-hetero) is 1. The fraction of sp³-hybridized carbons (Fsp3) is 0.636. The van der Waals surface area contributed by atoms with Crippen LogP contribution >= 0.6 is 11.3 Å². The van der Waals surface area contributed by atoms with Gasteiger partial charge in [-0.25, -0.2) is 4.98 Å². The highest BCUT2D eigenvalue weighted by molar-refractivity contribution is 7.09. The van der Waals surface area contributed by atoms with E-state index in [9.17, 15) is 28.8 Å². The quantitative estimate of drug-likeness (QED) is 0.192. The van der Waals surface area contributed by atoms with Gasteiger partial charge in [0, 0.05) is 36.9 Å². The molecule has 0 aliphatic carbocycles. The monoisotopic (exact) mass is 834 g/mol. The highest BCUT2D eigenvalue weighted by atomic mass is 32.1. The Morgan fingerprint density at radius 1 is 0.949 bits per heavy atom. The maximum Gasteiger partial charge on any atom is 0.244 e. The van der Waals surface area contributed by atoms with Crippen LogP contribution in [0.3, 0.4) is 0 Å². The number of thiazole rings is 1. The smallest absolute Gasteiger partial charge is 0.244 e. The fourth-order valence-electron chi connectivity index (χ4n) is 7.69. The Morgan fingerprint density at radius 3 is 2.20 bits per heavy atom. The number of benzene rings is 1. The van der Waals surface area contributed by atoms with Crippen molar-refractivity contribution in [2.75, 3.05) is 13.1 Å². The molecule has 324 valence electrons. The van der Waals surface area contributed by atoms with E-state index in [1.165, 1.54) is 11.3 Å². The first-order valence-corrected chi connectivity index (χ1v) is 21.8. The van der Waals surface area contributed by atoms with Crippen molar-refractivity contribution in [1.82, 2.24) is 36.5 Å². The van der Waals surface area contributed by atoms with E-state index in [1.54, 1.807) is 16.5 Å². The first-order valence-electron chi connectivity index (χ1n) is 20.9. The van der Waals surface area contributed by atoms with Crippen molar-refractivity contribution in [3.63, 3.8) is 0 Å². The molecule has 59 heavy (non-hydrogen) atoms. The van der Waals surface area contributed by atoms with E-state index in [2.05, 4.69) is 31.6 Å². The molecule has 0 bridgehead atoms.